The van der Waals surface area contributed by atoms with Crippen molar-refractivity contribution in [2.75, 3.05) is 6.54 Å². The molecule has 0 spiro atoms. The number of nitrogens with zero attached hydrogens (tertiary/aromatic N) is 2. The fourth-order valence-electron chi connectivity index (χ4n) is 3.43. The Kier molecular flexibility index (Phi) is 4.85. The predicted molar refractivity (Wildman–Crippen MR) is 102 cm³/mol. The zero-order valence-corrected chi connectivity index (χ0v) is 15.6. The topological polar surface area (TPSA) is 82.4 Å². The van der Waals surface area contributed by atoms with Crippen molar-refractivity contribution in [2.24, 2.45) is 11.8 Å². The zero-order valence-electron chi connectivity index (χ0n) is 15.6. The molecule has 1 amide bonds. The zero-order chi connectivity index (χ0) is 18.8. The molecule has 0 atom stereocenters. The fraction of sp³-hybridized carbons (Fsp3) is 0.400. The van der Waals surface area contributed by atoms with Gasteiger partial charge in [-0.2, -0.15) is 0 Å². The lowest BCUT2D eigenvalue weighted by atomic mass is 9.80. The van der Waals surface area contributed by atoms with Crippen molar-refractivity contribution in [3.63, 3.8) is 0 Å². The molecule has 4 rings (SSSR count). The standard InChI is InChI=1S/C20H25N5O2/c1-13(2)18-12-25(24-22-18)11-14-8-16(9-14)21-20(26)19-10-17(23-27-19)15-6-4-3-5-7-15/h3-7,10,12-14,16,22,24H,8-9,11H2,1-2H3,(H,21,26)/t14-,16+. The van der Waals surface area contributed by atoms with Gasteiger partial charge in [-0.05, 0) is 24.7 Å². The Hall–Kier alpha value is -2.80. The number of aromatic nitrogens is 1. The minimum atomic E-state index is -0.198. The summed E-state index contributed by atoms with van der Waals surface area (Å²) in [7, 11) is 0. The second-order valence-electron chi connectivity index (χ2n) is 7.58. The highest BCUT2D eigenvalue weighted by Crippen LogP contribution is 2.29. The van der Waals surface area contributed by atoms with Crippen molar-refractivity contribution < 1.29 is 9.32 Å². The number of hydrogen-bond donors (Lipinski definition) is 3. The number of rotatable bonds is 6. The second-order valence-corrected chi connectivity index (χ2v) is 7.58. The van der Waals surface area contributed by atoms with Crippen molar-refractivity contribution in [3.05, 3.63) is 54.1 Å². The van der Waals surface area contributed by atoms with Gasteiger partial charge in [-0.3, -0.25) is 9.80 Å². The van der Waals surface area contributed by atoms with E-state index in [0.29, 0.717) is 17.5 Å². The Bertz CT molecular complexity index is 824. The van der Waals surface area contributed by atoms with E-state index in [1.807, 2.05) is 30.3 Å². The van der Waals surface area contributed by atoms with Crippen molar-refractivity contribution in [1.82, 2.24) is 26.4 Å². The normalized spacial score (nSPS) is 21.6. The van der Waals surface area contributed by atoms with Gasteiger partial charge in [0.15, 0.2) is 0 Å². The first-order chi connectivity index (χ1) is 13.1. The SMILES string of the molecule is CC(C)C1=CN(C[C@H]2C[C@@H](NC(=O)c3cc(-c4ccccc4)no3)C2)NN1. The first-order valence-electron chi connectivity index (χ1n) is 9.41. The van der Waals surface area contributed by atoms with Crippen LogP contribution in [-0.4, -0.2) is 28.7 Å². The van der Waals surface area contributed by atoms with Gasteiger partial charge < -0.3 is 15.3 Å². The van der Waals surface area contributed by atoms with Crippen molar-refractivity contribution >= 4 is 5.91 Å². The lowest BCUT2D eigenvalue weighted by Crippen LogP contribution is -2.49. The van der Waals surface area contributed by atoms with Crippen LogP contribution in [0.4, 0.5) is 0 Å². The molecule has 2 aromatic rings. The molecular formula is C20H25N5O2. The number of carbonyl (C=O) groups excluding carboxylic acids is 1. The minimum absolute atomic E-state index is 0.192. The van der Waals surface area contributed by atoms with Gasteiger partial charge in [0.2, 0.25) is 5.76 Å². The van der Waals surface area contributed by atoms with Crippen LogP contribution < -0.4 is 16.3 Å². The summed E-state index contributed by atoms with van der Waals surface area (Å²) in [5, 5.41) is 9.12. The molecule has 7 nitrogen and oxygen atoms in total. The maximum atomic E-state index is 12.4. The highest BCUT2D eigenvalue weighted by molar-refractivity contribution is 5.92. The maximum Gasteiger partial charge on any atom is 0.290 e. The molecule has 0 radical (unpaired) electrons. The Morgan fingerprint density at radius 3 is 2.81 bits per heavy atom. The number of amides is 1. The van der Waals surface area contributed by atoms with E-state index in [1.54, 1.807) is 6.07 Å². The Labute approximate surface area is 158 Å². The quantitative estimate of drug-likeness (QED) is 0.728. The number of nitrogens with one attached hydrogen (secondary N) is 3. The Balaban J connectivity index is 1.25. The van der Waals surface area contributed by atoms with E-state index >= 15 is 0 Å². The van der Waals surface area contributed by atoms with E-state index < -0.39 is 0 Å². The Morgan fingerprint density at radius 2 is 2.11 bits per heavy atom. The van der Waals surface area contributed by atoms with Crippen LogP contribution in [0.15, 0.2) is 52.8 Å². The van der Waals surface area contributed by atoms with Gasteiger partial charge in [-0.25, -0.2) is 0 Å². The molecule has 142 valence electrons. The van der Waals surface area contributed by atoms with Crippen molar-refractivity contribution in [3.8, 4) is 11.3 Å². The second kappa shape index (κ2) is 7.44. The van der Waals surface area contributed by atoms with Gasteiger partial charge >= 0.3 is 0 Å². The van der Waals surface area contributed by atoms with Crippen LogP contribution in [0.3, 0.4) is 0 Å². The molecule has 0 saturated heterocycles. The van der Waals surface area contributed by atoms with Crippen LogP contribution in [0, 0.1) is 11.8 Å². The number of allylic oxidation sites excluding steroid dienone is 1. The smallest absolute Gasteiger partial charge is 0.290 e. The lowest BCUT2D eigenvalue weighted by molar-refractivity contribution is 0.0823. The highest BCUT2D eigenvalue weighted by Gasteiger charge is 2.33. The molecule has 2 heterocycles. The monoisotopic (exact) mass is 367 g/mol. The third-order valence-corrected chi connectivity index (χ3v) is 5.09. The molecule has 1 aromatic heterocycles. The lowest BCUT2D eigenvalue weighted by Gasteiger charge is -2.37. The molecule has 3 N–H and O–H groups in total. The van der Waals surface area contributed by atoms with Crippen LogP contribution in [0.25, 0.3) is 11.3 Å². The predicted octanol–water partition coefficient (Wildman–Crippen LogP) is 2.67. The maximum absolute atomic E-state index is 12.4. The van der Waals surface area contributed by atoms with Gasteiger partial charge in [-0.1, -0.05) is 49.3 Å². The van der Waals surface area contributed by atoms with Crippen LogP contribution in [0.5, 0.6) is 0 Å². The number of benzene rings is 1. The van der Waals surface area contributed by atoms with Crippen LogP contribution in [0.1, 0.15) is 37.2 Å². The molecule has 1 saturated carbocycles. The van der Waals surface area contributed by atoms with E-state index in [9.17, 15) is 4.79 Å². The summed E-state index contributed by atoms with van der Waals surface area (Å²) in [6.07, 6.45) is 4.05. The van der Waals surface area contributed by atoms with E-state index in [1.165, 1.54) is 5.70 Å². The fourth-order valence-corrected chi connectivity index (χ4v) is 3.43. The van der Waals surface area contributed by atoms with Crippen molar-refractivity contribution in [2.45, 2.75) is 32.7 Å². The van der Waals surface area contributed by atoms with Crippen LogP contribution >= 0.6 is 0 Å². The average Bonchev–Trinajstić information content (AvgIpc) is 3.30. The molecule has 1 aliphatic heterocycles. The third kappa shape index (κ3) is 3.98. The molecule has 1 aliphatic carbocycles. The van der Waals surface area contributed by atoms with Gasteiger partial charge in [0, 0.05) is 36.1 Å². The summed E-state index contributed by atoms with van der Waals surface area (Å²) >= 11 is 0. The first-order valence-corrected chi connectivity index (χ1v) is 9.41. The summed E-state index contributed by atoms with van der Waals surface area (Å²) < 4.78 is 5.22. The number of carbonyl (C=O) groups is 1. The molecule has 0 unspecified atom stereocenters. The first kappa shape index (κ1) is 17.6. The van der Waals surface area contributed by atoms with Gasteiger partial charge in [0.1, 0.15) is 5.69 Å². The summed E-state index contributed by atoms with van der Waals surface area (Å²) in [5.74, 6) is 1.09. The molecule has 1 aromatic carbocycles. The van der Waals surface area contributed by atoms with Gasteiger partial charge in [0.05, 0.1) is 0 Å². The van der Waals surface area contributed by atoms with Crippen molar-refractivity contribution in [1.29, 1.82) is 0 Å². The molecule has 0 bridgehead atoms. The van der Waals surface area contributed by atoms with Gasteiger partial charge in [-0.15, -0.1) is 5.53 Å². The number of hydrazine groups is 2. The molecule has 2 aliphatic rings. The van der Waals surface area contributed by atoms with E-state index in [4.69, 9.17) is 4.52 Å². The minimum Gasteiger partial charge on any atom is -0.350 e. The average molecular weight is 367 g/mol. The third-order valence-electron chi connectivity index (χ3n) is 5.09. The van der Waals surface area contributed by atoms with E-state index in [2.05, 4.69) is 46.5 Å². The van der Waals surface area contributed by atoms with E-state index in [-0.39, 0.29) is 17.7 Å². The summed E-state index contributed by atoms with van der Waals surface area (Å²) in [6.45, 7) is 5.24. The molecule has 27 heavy (non-hydrogen) atoms. The van der Waals surface area contributed by atoms with E-state index in [0.717, 1.165) is 24.9 Å². The highest BCUT2D eigenvalue weighted by atomic mass is 16.5. The van der Waals surface area contributed by atoms with Gasteiger partial charge in [0.25, 0.3) is 5.91 Å². The summed E-state index contributed by atoms with van der Waals surface area (Å²) in [6, 6.07) is 11.6. The molecular weight excluding hydrogens is 342 g/mol. The van der Waals surface area contributed by atoms with Crippen LogP contribution in [0.2, 0.25) is 0 Å². The summed E-state index contributed by atoms with van der Waals surface area (Å²) in [4.78, 5) is 12.4. The Morgan fingerprint density at radius 1 is 1.33 bits per heavy atom. The molecule has 7 heteroatoms. The summed E-state index contributed by atoms with van der Waals surface area (Å²) in [5.41, 5.74) is 9.16. The molecule has 1 fully saturated rings. The van der Waals surface area contributed by atoms with Crippen LogP contribution in [-0.2, 0) is 0 Å². The number of hydrogen-bond acceptors (Lipinski definition) is 6. The largest absolute Gasteiger partial charge is 0.350 e.